The molecular weight excluding hydrogens is 242 g/mol. The van der Waals surface area contributed by atoms with E-state index in [0.717, 1.165) is 12.8 Å². The number of hydrogen-bond donors (Lipinski definition) is 2. The summed E-state index contributed by atoms with van der Waals surface area (Å²) < 4.78 is 32.1. The van der Waals surface area contributed by atoms with Gasteiger partial charge >= 0.3 is 0 Å². The van der Waals surface area contributed by atoms with Gasteiger partial charge in [-0.1, -0.05) is 0 Å². The van der Waals surface area contributed by atoms with Crippen molar-refractivity contribution >= 4 is 10.0 Å². The van der Waals surface area contributed by atoms with Gasteiger partial charge in [0.2, 0.25) is 10.0 Å². The predicted molar refractivity (Wildman–Crippen MR) is 62.1 cm³/mol. The number of nitrogens with one attached hydrogen (secondary N) is 2. The van der Waals surface area contributed by atoms with E-state index in [9.17, 15) is 8.42 Å². The van der Waals surface area contributed by atoms with Crippen LogP contribution in [0.15, 0.2) is 11.1 Å². The number of aryl methyl sites for hydroxylation is 1. The molecule has 7 heteroatoms. The van der Waals surface area contributed by atoms with Crippen molar-refractivity contribution in [2.24, 2.45) is 0 Å². The van der Waals surface area contributed by atoms with Crippen LogP contribution in [-0.2, 0) is 14.8 Å². The molecule has 1 saturated heterocycles. The Bertz CT molecular complexity index is 489. The third-order valence-electron chi connectivity index (χ3n) is 3.01. The molecule has 1 atom stereocenters. The van der Waals surface area contributed by atoms with Crippen molar-refractivity contribution in [2.45, 2.75) is 37.2 Å². The van der Waals surface area contributed by atoms with Gasteiger partial charge in [0.15, 0.2) is 0 Å². The Balaban J connectivity index is 2.06. The number of hydrogen-bond acceptors (Lipinski definition) is 4. The molecule has 6 nitrogen and oxygen atoms in total. The summed E-state index contributed by atoms with van der Waals surface area (Å²) in [4.78, 5) is 0.194. The van der Waals surface area contributed by atoms with Gasteiger partial charge in [-0.15, -0.1) is 0 Å². The van der Waals surface area contributed by atoms with Crippen LogP contribution in [0.25, 0.3) is 0 Å². The summed E-state index contributed by atoms with van der Waals surface area (Å²) >= 11 is 0. The van der Waals surface area contributed by atoms with Gasteiger partial charge in [0.25, 0.3) is 0 Å². The summed E-state index contributed by atoms with van der Waals surface area (Å²) in [5.41, 5.74) is 0.153. The largest absolute Gasteiger partial charge is 0.374 e. The lowest BCUT2D eigenvalue weighted by molar-refractivity contribution is 0.0250. The van der Waals surface area contributed by atoms with Crippen molar-refractivity contribution in [1.29, 1.82) is 0 Å². The zero-order valence-corrected chi connectivity index (χ0v) is 10.8. The lowest BCUT2D eigenvalue weighted by atomic mass is 10.0. The molecule has 0 aliphatic carbocycles. The molecule has 0 bridgehead atoms. The molecule has 1 aliphatic rings. The number of aromatic amines is 1. The summed E-state index contributed by atoms with van der Waals surface area (Å²) in [5, 5.41) is 6.32. The first-order chi connectivity index (χ1) is 7.93. The SMILES string of the molecule is Cc1[nH]ncc1S(=O)(=O)NCC1(C)CCCO1. The minimum atomic E-state index is -3.50. The minimum absolute atomic E-state index is 0.194. The van der Waals surface area contributed by atoms with E-state index >= 15 is 0 Å². The van der Waals surface area contributed by atoms with Crippen LogP contribution in [0.4, 0.5) is 0 Å². The average molecular weight is 259 g/mol. The van der Waals surface area contributed by atoms with Gasteiger partial charge in [-0.25, -0.2) is 13.1 Å². The maximum absolute atomic E-state index is 12.0. The monoisotopic (exact) mass is 259 g/mol. The first-order valence-corrected chi connectivity index (χ1v) is 7.05. The van der Waals surface area contributed by atoms with Crippen LogP contribution in [0.1, 0.15) is 25.5 Å². The van der Waals surface area contributed by atoms with Crippen LogP contribution in [0, 0.1) is 6.92 Å². The van der Waals surface area contributed by atoms with Gasteiger partial charge in [0, 0.05) is 13.2 Å². The second kappa shape index (κ2) is 4.40. The molecule has 0 aromatic carbocycles. The molecule has 17 heavy (non-hydrogen) atoms. The highest BCUT2D eigenvalue weighted by Crippen LogP contribution is 2.24. The quantitative estimate of drug-likeness (QED) is 0.827. The number of sulfonamides is 1. The maximum atomic E-state index is 12.0. The Kier molecular flexibility index (Phi) is 3.24. The van der Waals surface area contributed by atoms with Crippen molar-refractivity contribution in [1.82, 2.24) is 14.9 Å². The molecule has 1 aromatic heterocycles. The van der Waals surface area contributed by atoms with Crippen LogP contribution in [0.5, 0.6) is 0 Å². The van der Waals surface area contributed by atoms with Gasteiger partial charge in [-0.05, 0) is 26.7 Å². The van der Waals surface area contributed by atoms with Crippen molar-refractivity contribution in [3.63, 3.8) is 0 Å². The van der Waals surface area contributed by atoms with E-state index in [1.54, 1.807) is 6.92 Å². The van der Waals surface area contributed by atoms with E-state index in [-0.39, 0.29) is 10.5 Å². The summed E-state index contributed by atoms with van der Waals surface area (Å²) in [6.45, 7) is 4.59. The Labute approximate surface area is 101 Å². The highest BCUT2D eigenvalue weighted by atomic mass is 32.2. The zero-order chi connectivity index (χ0) is 12.5. The van der Waals surface area contributed by atoms with E-state index < -0.39 is 10.0 Å². The fourth-order valence-electron chi connectivity index (χ4n) is 1.91. The first-order valence-electron chi connectivity index (χ1n) is 5.57. The van der Waals surface area contributed by atoms with Gasteiger partial charge in [0.1, 0.15) is 4.90 Å². The number of rotatable bonds is 4. The van der Waals surface area contributed by atoms with Crippen LogP contribution in [0.3, 0.4) is 0 Å². The number of aromatic nitrogens is 2. The number of H-pyrrole nitrogens is 1. The van der Waals surface area contributed by atoms with Crippen molar-refractivity contribution in [3.8, 4) is 0 Å². The van der Waals surface area contributed by atoms with Gasteiger partial charge in [-0.3, -0.25) is 5.10 Å². The second-order valence-electron chi connectivity index (χ2n) is 4.59. The van der Waals surface area contributed by atoms with Crippen LogP contribution in [-0.4, -0.2) is 37.4 Å². The molecule has 0 saturated carbocycles. The van der Waals surface area contributed by atoms with Crippen molar-refractivity contribution < 1.29 is 13.2 Å². The van der Waals surface area contributed by atoms with Gasteiger partial charge in [-0.2, -0.15) is 5.10 Å². The zero-order valence-electron chi connectivity index (χ0n) is 9.99. The van der Waals surface area contributed by atoms with Crippen LogP contribution in [0.2, 0.25) is 0 Å². The fraction of sp³-hybridized carbons (Fsp3) is 0.700. The Morgan fingerprint density at radius 2 is 2.41 bits per heavy atom. The maximum Gasteiger partial charge on any atom is 0.244 e. The summed E-state index contributed by atoms with van der Waals surface area (Å²) in [7, 11) is -3.50. The molecule has 2 rings (SSSR count). The third-order valence-corrected chi connectivity index (χ3v) is 4.52. The van der Waals surface area contributed by atoms with E-state index in [4.69, 9.17) is 4.74 Å². The average Bonchev–Trinajstić information content (AvgIpc) is 2.86. The summed E-state index contributed by atoms with van der Waals surface area (Å²) in [6, 6.07) is 0. The highest BCUT2D eigenvalue weighted by molar-refractivity contribution is 7.89. The minimum Gasteiger partial charge on any atom is -0.374 e. The molecule has 1 aliphatic heterocycles. The molecule has 0 spiro atoms. The molecule has 1 fully saturated rings. The standard InChI is InChI=1S/C10H17N3O3S/c1-8-9(6-11-13-8)17(14,15)12-7-10(2)4-3-5-16-10/h6,12H,3-5,7H2,1-2H3,(H,11,13). The summed E-state index contributed by atoms with van der Waals surface area (Å²) in [6.07, 6.45) is 3.17. The molecular formula is C10H17N3O3S. The molecule has 96 valence electrons. The van der Waals surface area contributed by atoms with E-state index in [1.165, 1.54) is 6.20 Å². The predicted octanol–water partition coefficient (Wildman–Crippen LogP) is 0.566. The van der Waals surface area contributed by atoms with E-state index in [1.807, 2.05) is 6.92 Å². The normalized spacial score (nSPS) is 25.3. The topological polar surface area (TPSA) is 84.1 Å². The third kappa shape index (κ3) is 2.67. The van der Waals surface area contributed by atoms with Crippen molar-refractivity contribution in [3.05, 3.63) is 11.9 Å². The second-order valence-corrected chi connectivity index (χ2v) is 6.32. The molecule has 0 radical (unpaired) electrons. The van der Waals surface area contributed by atoms with Crippen LogP contribution < -0.4 is 4.72 Å². The Morgan fingerprint density at radius 1 is 1.65 bits per heavy atom. The Morgan fingerprint density at radius 3 is 2.94 bits per heavy atom. The number of nitrogens with zero attached hydrogens (tertiary/aromatic N) is 1. The highest BCUT2D eigenvalue weighted by Gasteiger charge is 2.31. The number of ether oxygens (including phenoxy) is 1. The van der Waals surface area contributed by atoms with E-state index in [2.05, 4.69) is 14.9 Å². The molecule has 2 heterocycles. The molecule has 2 N–H and O–H groups in total. The Hall–Kier alpha value is -0.920. The van der Waals surface area contributed by atoms with Crippen LogP contribution >= 0.6 is 0 Å². The first kappa shape index (κ1) is 12.5. The molecule has 1 aromatic rings. The van der Waals surface area contributed by atoms with Gasteiger partial charge < -0.3 is 4.74 Å². The lowest BCUT2D eigenvalue weighted by Crippen LogP contribution is -2.40. The summed E-state index contributed by atoms with van der Waals surface area (Å²) in [5.74, 6) is 0. The molecule has 1 unspecified atom stereocenters. The fourth-order valence-corrected chi connectivity index (χ4v) is 3.20. The molecule has 0 amide bonds. The van der Waals surface area contributed by atoms with E-state index in [0.29, 0.717) is 18.8 Å². The van der Waals surface area contributed by atoms with Gasteiger partial charge in [0.05, 0.1) is 17.5 Å². The smallest absolute Gasteiger partial charge is 0.244 e. The van der Waals surface area contributed by atoms with Crippen molar-refractivity contribution in [2.75, 3.05) is 13.2 Å². The lowest BCUT2D eigenvalue weighted by Gasteiger charge is -2.23.